The van der Waals surface area contributed by atoms with Crippen molar-refractivity contribution in [2.24, 2.45) is 0 Å². The second-order valence-electron chi connectivity index (χ2n) is 5.91. The molecule has 2 aromatic carbocycles. The molecule has 0 spiro atoms. The highest BCUT2D eigenvalue weighted by atomic mass is 32.2. The van der Waals surface area contributed by atoms with Crippen LogP contribution in [0.1, 0.15) is 15.9 Å². The normalized spacial score (nSPS) is 11.1. The highest BCUT2D eigenvalue weighted by molar-refractivity contribution is 7.94. The van der Waals surface area contributed by atoms with E-state index in [2.05, 4.69) is 10.0 Å². The number of benzene rings is 2. The number of nitrogens with one attached hydrogen (secondary N) is 2. The summed E-state index contributed by atoms with van der Waals surface area (Å²) in [5.41, 5.74) is 1.92. The molecule has 0 saturated heterocycles. The van der Waals surface area contributed by atoms with E-state index in [0.29, 0.717) is 31.0 Å². The van der Waals surface area contributed by atoms with Gasteiger partial charge in [0.1, 0.15) is 4.21 Å². The molecule has 8 heteroatoms. The molecule has 1 amide bonds. The van der Waals surface area contributed by atoms with E-state index in [1.54, 1.807) is 35.7 Å². The van der Waals surface area contributed by atoms with Gasteiger partial charge in [-0.25, -0.2) is 8.42 Å². The summed E-state index contributed by atoms with van der Waals surface area (Å²) in [5.74, 6) is -0.240. The van der Waals surface area contributed by atoms with Crippen molar-refractivity contribution in [2.75, 3.05) is 17.9 Å². The van der Waals surface area contributed by atoms with Crippen LogP contribution in [0.5, 0.6) is 0 Å². The first-order chi connectivity index (χ1) is 13.5. The van der Waals surface area contributed by atoms with Gasteiger partial charge >= 0.3 is 0 Å². The van der Waals surface area contributed by atoms with Gasteiger partial charge in [-0.2, -0.15) is 0 Å². The molecule has 2 N–H and O–H groups in total. The van der Waals surface area contributed by atoms with E-state index in [1.165, 1.54) is 6.07 Å². The average molecular weight is 417 g/mol. The van der Waals surface area contributed by atoms with Gasteiger partial charge in [0.2, 0.25) is 0 Å². The number of sulfonamides is 1. The van der Waals surface area contributed by atoms with Crippen molar-refractivity contribution in [1.82, 2.24) is 5.32 Å². The Kier molecular flexibility index (Phi) is 6.80. The van der Waals surface area contributed by atoms with E-state index >= 15 is 0 Å². The number of hydrogen-bond acceptors (Lipinski definition) is 5. The molecule has 3 aromatic rings. The van der Waals surface area contributed by atoms with Crippen molar-refractivity contribution in [3.63, 3.8) is 0 Å². The lowest BCUT2D eigenvalue weighted by Gasteiger charge is -2.09. The zero-order valence-electron chi connectivity index (χ0n) is 15.0. The van der Waals surface area contributed by atoms with Gasteiger partial charge in [0.05, 0.1) is 13.2 Å². The van der Waals surface area contributed by atoms with Crippen molar-refractivity contribution in [1.29, 1.82) is 0 Å². The zero-order valence-corrected chi connectivity index (χ0v) is 16.6. The summed E-state index contributed by atoms with van der Waals surface area (Å²) in [6, 6.07) is 19.3. The summed E-state index contributed by atoms with van der Waals surface area (Å²) in [5, 5.41) is 4.47. The zero-order chi connectivity index (χ0) is 19.8. The first kappa shape index (κ1) is 20.1. The number of carbonyl (C=O) groups is 1. The lowest BCUT2D eigenvalue weighted by atomic mass is 10.2. The molecule has 146 valence electrons. The summed E-state index contributed by atoms with van der Waals surface area (Å²) >= 11 is 1.14. The Morgan fingerprint density at radius 3 is 2.39 bits per heavy atom. The van der Waals surface area contributed by atoms with Crippen molar-refractivity contribution in [3.8, 4) is 0 Å². The Morgan fingerprint density at radius 1 is 0.964 bits per heavy atom. The quantitative estimate of drug-likeness (QED) is 0.523. The molecule has 0 fully saturated rings. The van der Waals surface area contributed by atoms with Crippen LogP contribution in [0.25, 0.3) is 0 Å². The van der Waals surface area contributed by atoms with E-state index in [1.807, 2.05) is 30.3 Å². The Balaban J connectivity index is 1.44. The fourth-order valence-electron chi connectivity index (χ4n) is 2.41. The molecule has 0 saturated carbocycles. The number of amides is 1. The van der Waals surface area contributed by atoms with E-state index in [-0.39, 0.29) is 10.1 Å². The molecule has 0 aliphatic rings. The van der Waals surface area contributed by atoms with Crippen LogP contribution >= 0.6 is 11.3 Å². The fourth-order valence-corrected chi connectivity index (χ4v) is 4.47. The molecule has 0 atom stereocenters. The third kappa shape index (κ3) is 5.66. The minimum Gasteiger partial charge on any atom is -0.375 e. The largest absolute Gasteiger partial charge is 0.375 e. The summed E-state index contributed by atoms with van der Waals surface area (Å²) in [4.78, 5) is 12.2. The number of carbonyl (C=O) groups excluding carboxylic acids is 1. The highest BCUT2D eigenvalue weighted by Crippen LogP contribution is 2.20. The maximum Gasteiger partial charge on any atom is 0.271 e. The smallest absolute Gasteiger partial charge is 0.271 e. The maximum absolute atomic E-state index is 12.2. The van der Waals surface area contributed by atoms with Crippen LogP contribution in [0.15, 0.2) is 76.3 Å². The standard InChI is InChI=1S/C20H20N2O4S2/c23-20(21-12-13-26-15-16-5-2-1-3-6-16)17-8-10-18(11-9-17)22-28(24,25)19-7-4-14-27-19/h1-11,14,22H,12-13,15H2,(H,21,23). The highest BCUT2D eigenvalue weighted by Gasteiger charge is 2.15. The molecule has 0 aliphatic heterocycles. The number of thiophene rings is 1. The third-order valence-electron chi connectivity index (χ3n) is 3.80. The van der Waals surface area contributed by atoms with Gasteiger partial charge in [-0.3, -0.25) is 9.52 Å². The van der Waals surface area contributed by atoms with Gasteiger partial charge in [0.15, 0.2) is 0 Å². The molecule has 0 unspecified atom stereocenters. The van der Waals surface area contributed by atoms with Gasteiger partial charge < -0.3 is 10.1 Å². The Hall–Kier alpha value is -2.68. The molecule has 1 aromatic heterocycles. The van der Waals surface area contributed by atoms with Crippen LogP contribution < -0.4 is 10.0 Å². The summed E-state index contributed by atoms with van der Waals surface area (Å²) < 4.78 is 32.6. The predicted molar refractivity (Wildman–Crippen MR) is 110 cm³/mol. The molecular formula is C20H20N2O4S2. The molecule has 0 aliphatic carbocycles. The molecule has 1 heterocycles. The average Bonchev–Trinajstić information content (AvgIpc) is 3.25. The Morgan fingerprint density at radius 2 is 1.71 bits per heavy atom. The monoisotopic (exact) mass is 416 g/mol. The van der Waals surface area contributed by atoms with Gasteiger partial charge in [-0.15, -0.1) is 11.3 Å². The lowest BCUT2D eigenvalue weighted by molar-refractivity contribution is 0.0901. The molecular weight excluding hydrogens is 396 g/mol. The number of hydrogen-bond donors (Lipinski definition) is 2. The van der Waals surface area contributed by atoms with Crippen LogP contribution in [0.2, 0.25) is 0 Å². The van der Waals surface area contributed by atoms with E-state index in [9.17, 15) is 13.2 Å². The second kappa shape index (κ2) is 9.50. The number of rotatable bonds is 9. The minimum atomic E-state index is -3.60. The Bertz CT molecular complexity index is 986. The maximum atomic E-state index is 12.2. The Labute approximate surface area is 168 Å². The van der Waals surface area contributed by atoms with Gasteiger partial charge in [-0.05, 0) is 41.3 Å². The lowest BCUT2D eigenvalue weighted by Crippen LogP contribution is -2.27. The third-order valence-corrected chi connectivity index (χ3v) is 6.58. The molecule has 0 bridgehead atoms. The number of anilines is 1. The summed E-state index contributed by atoms with van der Waals surface area (Å²) in [6.07, 6.45) is 0. The van der Waals surface area contributed by atoms with Crippen LogP contribution in [0, 0.1) is 0 Å². The van der Waals surface area contributed by atoms with Crippen molar-refractivity contribution < 1.29 is 17.9 Å². The van der Waals surface area contributed by atoms with Crippen molar-refractivity contribution in [2.45, 2.75) is 10.8 Å². The molecule has 3 rings (SSSR count). The molecule has 28 heavy (non-hydrogen) atoms. The predicted octanol–water partition coefficient (Wildman–Crippen LogP) is 3.50. The van der Waals surface area contributed by atoms with Crippen LogP contribution in [-0.4, -0.2) is 27.5 Å². The first-order valence-electron chi connectivity index (χ1n) is 8.61. The van der Waals surface area contributed by atoms with Gasteiger partial charge in [0, 0.05) is 17.8 Å². The fraction of sp³-hybridized carbons (Fsp3) is 0.150. The summed E-state index contributed by atoms with van der Waals surface area (Å²) in [7, 11) is -3.60. The second-order valence-corrected chi connectivity index (χ2v) is 8.77. The van der Waals surface area contributed by atoms with Crippen LogP contribution in [-0.2, 0) is 21.4 Å². The number of ether oxygens (including phenoxy) is 1. The van der Waals surface area contributed by atoms with Crippen LogP contribution in [0.4, 0.5) is 5.69 Å². The summed E-state index contributed by atoms with van der Waals surface area (Å²) in [6.45, 7) is 1.29. The first-order valence-corrected chi connectivity index (χ1v) is 11.0. The van der Waals surface area contributed by atoms with Crippen LogP contribution in [0.3, 0.4) is 0 Å². The topological polar surface area (TPSA) is 84.5 Å². The van der Waals surface area contributed by atoms with E-state index in [4.69, 9.17) is 4.74 Å². The van der Waals surface area contributed by atoms with Gasteiger partial charge in [-0.1, -0.05) is 36.4 Å². The molecule has 6 nitrogen and oxygen atoms in total. The van der Waals surface area contributed by atoms with E-state index < -0.39 is 10.0 Å². The van der Waals surface area contributed by atoms with E-state index in [0.717, 1.165) is 16.9 Å². The SMILES string of the molecule is O=C(NCCOCc1ccccc1)c1ccc(NS(=O)(=O)c2cccs2)cc1. The minimum absolute atomic E-state index is 0.240. The van der Waals surface area contributed by atoms with Crippen molar-refractivity contribution >= 4 is 33.0 Å². The van der Waals surface area contributed by atoms with Crippen molar-refractivity contribution in [3.05, 3.63) is 83.2 Å². The van der Waals surface area contributed by atoms with Gasteiger partial charge in [0.25, 0.3) is 15.9 Å². The molecule has 0 radical (unpaired) electrons.